The Kier molecular flexibility index (Phi) is 5.70. The minimum atomic E-state index is -0.0446. The lowest BCUT2D eigenvalue weighted by Gasteiger charge is -2.10. The molecule has 2 aromatic heterocycles. The summed E-state index contributed by atoms with van der Waals surface area (Å²) in [7, 11) is 0. The molecule has 1 N–H and O–H groups in total. The van der Waals surface area contributed by atoms with E-state index in [-0.39, 0.29) is 12.5 Å². The van der Waals surface area contributed by atoms with Crippen molar-refractivity contribution in [3.63, 3.8) is 0 Å². The van der Waals surface area contributed by atoms with Crippen molar-refractivity contribution in [3.8, 4) is 11.6 Å². The van der Waals surface area contributed by atoms with E-state index in [0.29, 0.717) is 18.3 Å². The van der Waals surface area contributed by atoms with Gasteiger partial charge in [0.1, 0.15) is 12.2 Å². The molecule has 0 spiro atoms. The predicted octanol–water partition coefficient (Wildman–Crippen LogP) is 4.00. The van der Waals surface area contributed by atoms with Gasteiger partial charge in [0.25, 0.3) is 5.89 Å². The van der Waals surface area contributed by atoms with Crippen molar-refractivity contribution in [2.75, 3.05) is 6.54 Å². The molecule has 6 nitrogen and oxygen atoms in total. The molecule has 0 unspecified atom stereocenters. The van der Waals surface area contributed by atoms with Gasteiger partial charge in [-0.3, -0.25) is 4.79 Å². The van der Waals surface area contributed by atoms with Crippen molar-refractivity contribution in [1.82, 2.24) is 20.1 Å². The Balaban J connectivity index is 1.53. The van der Waals surface area contributed by atoms with E-state index in [1.807, 2.05) is 53.1 Å². The van der Waals surface area contributed by atoms with Gasteiger partial charge in [-0.25, -0.2) is 0 Å². The molecule has 0 saturated carbocycles. The second kappa shape index (κ2) is 8.73. The molecule has 29 heavy (non-hydrogen) atoms. The Morgan fingerprint density at radius 3 is 2.66 bits per heavy atom. The summed E-state index contributed by atoms with van der Waals surface area (Å²) < 4.78 is 7.77. The fourth-order valence-electron chi connectivity index (χ4n) is 3.42. The maximum atomic E-state index is 12.6. The summed E-state index contributed by atoms with van der Waals surface area (Å²) in [5.41, 5.74) is 2.93. The fourth-order valence-corrected chi connectivity index (χ4v) is 3.42. The number of hydrogen-bond acceptors (Lipinski definition) is 4. The van der Waals surface area contributed by atoms with Crippen molar-refractivity contribution < 1.29 is 9.21 Å². The van der Waals surface area contributed by atoms with Gasteiger partial charge in [-0.15, -0.1) is 10.2 Å². The monoisotopic (exact) mass is 388 g/mol. The summed E-state index contributed by atoms with van der Waals surface area (Å²) >= 11 is 0. The van der Waals surface area contributed by atoms with Crippen LogP contribution in [0.1, 0.15) is 24.8 Å². The van der Waals surface area contributed by atoms with Gasteiger partial charge in [-0.1, -0.05) is 55.5 Å². The lowest BCUT2D eigenvalue weighted by atomic mass is 10.1. The zero-order chi connectivity index (χ0) is 20.1. The standard InChI is InChI=1S/C23H24N4O2/c1-2-8-22-25-26-23(29-22)20-15-18-11-6-7-12-19(18)27(20)16-21(28)24-14-13-17-9-4-3-5-10-17/h3-7,9-12,15H,2,8,13-14,16H2,1H3,(H,24,28). The molecule has 1 amide bonds. The number of hydrogen-bond donors (Lipinski definition) is 1. The first kappa shape index (κ1) is 18.9. The van der Waals surface area contributed by atoms with Gasteiger partial charge in [0, 0.05) is 23.9 Å². The van der Waals surface area contributed by atoms with Crippen LogP contribution in [0.3, 0.4) is 0 Å². The van der Waals surface area contributed by atoms with Gasteiger partial charge >= 0.3 is 0 Å². The highest BCUT2D eigenvalue weighted by molar-refractivity contribution is 5.88. The maximum absolute atomic E-state index is 12.6. The van der Waals surface area contributed by atoms with Gasteiger partial charge in [-0.2, -0.15) is 0 Å². The van der Waals surface area contributed by atoms with Gasteiger partial charge < -0.3 is 14.3 Å². The summed E-state index contributed by atoms with van der Waals surface area (Å²) in [5, 5.41) is 12.4. The van der Waals surface area contributed by atoms with Gasteiger partial charge in [0.2, 0.25) is 11.8 Å². The fraction of sp³-hybridized carbons (Fsp3) is 0.261. The van der Waals surface area contributed by atoms with Gasteiger partial charge in [0.15, 0.2) is 0 Å². The van der Waals surface area contributed by atoms with E-state index in [1.54, 1.807) is 0 Å². The van der Waals surface area contributed by atoms with Gasteiger partial charge in [0.05, 0.1) is 0 Å². The molecule has 0 aliphatic carbocycles. The predicted molar refractivity (Wildman–Crippen MR) is 112 cm³/mol. The topological polar surface area (TPSA) is 73.0 Å². The number of amides is 1. The van der Waals surface area contributed by atoms with Gasteiger partial charge in [-0.05, 0) is 30.5 Å². The molecule has 0 saturated heterocycles. The molecule has 0 bridgehead atoms. The second-order valence-corrected chi connectivity index (χ2v) is 7.01. The van der Waals surface area contributed by atoms with E-state index in [9.17, 15) is 4.79 Å². The Hall–Kier alpha value is -3.41. The lowest BCUT2D eigenvalue weighted by molar-refractivity contribution is -0.121. The summed E-state index contributed by atoms with van der Waals surface area (Å²) in [6.45, 7) is 2.86. The Labute approximate surface area is 169 Å². The first-order chi connectivity index (χ1) is 14.2. The van der Waals surface area contributed by atoms with E-state index in [2.05, 4.69) is 34.6 Å². The van der Waals surface area contributed by atoms with Crippen LogP contribution in [0.15, 0.2) is 65.1 Å². The summed E-state index contributed by atoms with van der Waals surface area (Å²) in [5.74, 6) is 1.02. The molecule has 4 aromatic rings. The van der Waals surface area contributed by atoms with Crippen molar-refractivity contribution in [2.45, 2.75) is 32.7 Å². The van der Waals surface area contributed by atoms with Crippen LogP contribution in [0.2, 0.25) is 0 Å². The Morgan fingerprint density at radius 2 is 1.83 bits per heavy atom. The average Bonchev–Trinajstić information content (AvgIpc) is 3.34. The quantitative estimate of drug-likeness (QED) is 0.495. The number of carbonyl (C=O) groups excluding carboxylic acids is 1. The minimum Gasteiger partial charge on any atom is -0.419 e. The van der Waals surface area contributed by atoms with Crippen molar-refractivity contribution in [1.29, 1.82) is 0 Å². The molecular weight excluding hydrogens is 364 g/mol. The summed E-state index contributed by atoms with van der Waals surface area (Å²) in [4.78, 5) is 12.6. The average molecular weight is 388 g/mol. The molecule has 0 fully saturated rings. The molecule has 6 heteroatoms. The normalized spacial score (nSPS) is 11.1. The van der Waals surface area contributed by atoms with E-state index < -0.39 is 0 Å². The number of aromatic nitrogens is 3. The highest BCUT2D eigenvalue weighted by Crippen LogP contribution is 2.27. The third-order valence-corrected chi connectivity index (χ3v) is 4.84. The molecule has 0 aliphatic rings. The Bertz CT molecular complexity index is 1100. The molecule has 4 rings (SSSR count). The van der Waals surface area contributed by atoms with E-state index in [4.69, 9.17) is 4.42 Å². The first-order valence-corrected chi connectivity index (χ1v) is 9.96. The maximum Gasteiger partial charge on any atom is 0.264 e. The van der Waals surface area contributed by atoms with E-state index >= 15 is 0 Å². The van der Waals surface area contributed by atoms with Crippen LogP contribution in [0.4, 0.5) is 0 Å². The van der Waals surface area contributed by atoms with Crippen molar-refractivity contribution >= 4 is 16.8 Å². The molecule has 0 radical (unpaired) electrons. The molecule has 2 heterocycles. The molecular formula is C23H24N4O2. The van der Waals surface area contributed by atoms with Crippen LogP contribution in [-0.4, -0.2) is 27.2 Å². The number of para-hydroxylation sites is 1. The molecule has 0 aliphatic heterocycles. The summed E-state index contributed by atoms with van der Waals surface area (Å²) in [6.07, 6.45) is 2.48. The first-order valence-electron chi connectivity index (χ1n) is 9.96. The number of rotatable bonds is 8. The second-order valence-electron chi connectivity index (χ2n) is 7.01. The largest absolute Gasteiger partial charge is 0.419 e. The zero-order valence-electron chi connectivity index (χ0n) is 16.5. The van der Waals surface area contributed by atoms with Crippen LogP contribution in [0.25, 0.3) is 22.5 Å². The smallest absolute Gasteiger partial charge is 0.264 e. The SMILES string of the molecule is CCCc1nnc(-c2cc3ccccc3n2CC(=O)NCCc2ccccc2)o1. The minimum absolute atomic E-state index is 0.0446. The number of aryl methyl sites for hydroxylation is 1. The zero-order valence-corrected chi connectivity index (χ0v) is 16.5. The molecule has 2 aromatic carbocycles. The number of fused-ring (bicyclic) bond motifs is 1. The van der Waals surface area contributed by atoms with Crippen LogP contribution < -0.4 is 5.32 Å². The highest BCUT2D eigenvalue weighted by atomic mass is 16.4. The molecule has 0 atom stereocenters. The van der Waals surface area contributed by atoms with Crippen LogP contribution >= 0.6 is 0 Å². The number of benzene rings is 2. The van der Waals surface area contributed by atoms with E-state index in [0.717, 1.165) is 35.9 Å². The number of carbonyl (C=O) groups is 1. The van der Waals surface area contributed by atoms with Crippen molar-refractivity contribution in [2.24, 2.45) is 0 Å². The lowest BCUT2D eigenvalue weighted by Crippen LogP contribution is -2.29. The van der Waals surface area contributed by atoms with Crippen LogP contribution in [0.5, 0.6) is 0 Å². The summed E-state index contributed by atoms with van der Waals surface area (Å²) in [6, 6.07) is 20.1. The number of nitrogens with zero attached hydrogens (tertiary/aromatic N) is 3. The van der Waals surface area contributed by atoms with Crippen molar-refractivity contribution in [3.05, 3.63) is 72.1 Å². The number of nitrogens with one attached hydrogen (secondary N) is 1. The van der Waals surface area contributed by atoms with E-state index in [1.165, 1.54) is 5.56 Å². The third kappa shape index (κ3) is 4.37. The highest BCUT2D eigenvalue weighted by Gasteiger charge is 2.18. The van der Waals surface area contributed by atoms with Crippen LogP contribution in [0, 0.1) is 0 Å². The Morgan fingerprint density at radius 1 is 1.03 bits per heavy atom. The van der Waals surface area contributed by atoms with Crippen LogP contribution in [-0.2, 0) is 24.2 Å². The molecule has 148 valence electrons. The third-order valence-electron chi connectivity index (χ3n) is 4.84.